The van der Waals surface area contributed by atoms with E-state index in [1.807, 2.05) is 49.4 Å². The lowest BCUT2D eigenvalue weighted by Gasteiger charge is -2.13. The first kappa shape index (κ1) is 17.1. The zero-order valence-electron chi connectivity index (χ0n) is 13.4. The molecule has 0 spiro atoms. The Balaban J connectivity index is 1.89. The number of nitrogens with zero attached hydrogens (tertiary/aromatic N) is 1. The molecule has 5 heteroatoms. The van der Waals surface area contributed by atoms with E-state index >= 15 is 0 Å². The van der Waals surface area contributed by atoms with E-state index in [2.05, 4.69) is 49.1 Å². The number of anilines is 1. The molecule has 0 aliphatic carbocycles. The van der Waals surface area contributed by atoms with Gasteiger partial charge in [-0.2, -0.15) is 0 Å². The van der Waals surface area contributed by atoms with Gasteiger partial charge in [0.25, 0.3) is 0 Å². The number of amides is 1. The second-order valence-corrected chi connectivity index (χ2v) is 7.44. The van der Waals surface area contributed by atoms with Crippen LogP contribution in [0.2, 0.25) is 0 Å². The molecule has 122 valence electrons. The minimum Gasteiger partial charge on any atom is -0.325 e. The smallest absolute Gasteiger partial charge is 0.228 e. The average Bonchev–Trinajstić information content (AvgIpc) is 2.55. The van der Waals surface area contributed by atoms with E-state index in [1.165, 1.54) is 0 Å². The minimum absolute atomic E-state index is 0.0583. The maximum absolute atomic E-state index is 12.5. The molecule has 3 rings (SSSR count). The topological polar surface area (TPSA) is 42.0 Å². The Morgan fingerprint density at radius 3 is 2.67 bits per heavy atom. The summed E-state index contributed by atoms with van der Waals surface area (Å²) in [6.07, 6.45) is 0.300. The summed E-state index contributed by atoms with van der Waals surface area (Å²) in [6, 6.07) is 13.7. The molecule has 1 N–H and O–H groups in total. The maximum atomic E-state index is 12.5. The number of pyridine rings is 1. The van der Waals surface area contributed by atoms with Gasteiger partial charge in [0.1, 0.15) is 0 Å². The van der Waals surface area contributed by atoms with Gasteiger partial charge < -0.3 is 5.32 Å². The van der Waals surface area contributed by atoms with Crippen molar-refractivity contribution >= 4 is 54.4 Å². The zero-order valence-corrected chi connectivity index (χ0v) is 16.5. The Bertz CT molecular complexity index is 938. The van der Waals surface area contributed by atoms with Crippen LogP contribution in [0, 0.1) is 13.8 Å². The van der Waals surface area contributed by atoms with Crippen molar-refractivity contribution in [3.63, 3.8) is 0 Å². The number of fused-ring (bicyclic) bond motifs is 1. The van der Waals surface area contributed by atoms with E-state index in [0.717, 1.165) is 42.4 Å². The predicted octanol–water partition coefficient (Wildman–Crippen LogP) is 5.56. The van der Waals surface area contributed by atoms with Gasteiger partial charge in [-0.25, -0.2) is 0 Å². The highest BCUT2D eigenvalue weighted by Crippen LogP contribution is 2.27. The Labute approximate surface area is 157 Å². The standard InChI is InChI=1S/C19H16Br2N2O/c1-11-14-5-3-4-6-17(14)22-12(2)15(11)10-19(24)23-18-9-13(20)7-8-16(18)21/h3-9H,10H2,1-2H3,(H,23,24). The molecule has 3 aromatic rings. The lowest BCUT2D eigenvalue weighted by atomic mass is 9.99. The van der Waals surface area contributed by atoms with Crippen LogP contribution in [0.15, 0.2) is 51.4 Å². The van der Waals surface area contributed by atoms with Crippen molar-refractivity contribution in [3.8, 4) is 0 Å². The molecule has 0 bridgehead atoms. The van der Waals surface area contributed by atoms with E-state index in [-0.39, 0.29) is 5.91 Å². The van der Waals surface area contributed by atoms with Gasteiger partial charge in [0, 0.05) is 20.0 Å². The first-order valence-electron chi connectivity index (χ1n) is 7.55. The van der Waals surface area contributed by atoms with Crippen LogP contribution in [0.25, 0.3) is 10.9 Å². The molecule has 0 fully saturated rings. The lowest BCUT2D eigenvalue weighted by molar-refractivity contribution is -0.115. The van der Waals surface area contributed by atoms with Gasteiger partial charge in [-0.15, -0.1) is 0 Å². The van der Waals surface area contributed by atoms with Crippen LogP contribution in [-0.4, -0.2) is 10.9 Å². The van der Waals surface area contributed by atoms with Crippen molar-refractivity contribution < 1.29 is 4.79 Å². The largest absolute Gasteiger partial charge is 0.325 e. The van der Waals surface area contributed by atoms with Crippen molar-refractivity contribution in [1.82, 2.24) is 4.98 Å². The second-order valence-electron chi connectivity index (χ2n) is 5.67. The summed E-state index contributed by atoms with van der Waals surface area (Å²) in [5.41, 5.74) is 4.71. The van der Waals surface area contributed by atoms with Gasteiger partial charge in [0.2, 0.25) is 5.91 Å². The molecule has 0 aliphatic rings. The summed E-state index contributed by atoms with van der Waals surface area (Å²) in [5, 5.41) is 4.05. The maximum Gasteiger partial charge on any atom is 0.228 e. The van der Waals surface area contributed by atoms with Crippen molar-refractivity contribution in [1.29, 1.82) is 0 Å². The number of aryl methyl sites for hydroxylation is 2. The van der Waals surface area contributed by atoms with E-state index in [9.17, 15) is 4.79 Å². The Kier molecular flexibility index (Phi) is 5.01. The summed E-state index contributed by atoms with van der Waals surface area (Å²) in [6.45, 7) is 4.01. The third kappa shape index (κ3) is 3.52. The number of hydrogen-bond donors (Lipinski definition) is 1. The van der Waals surface area contributed by atoms with Crippen molar-refractivity contribution in [2.75, 3.05) is 5.32 Å². The normalized spacial score (nSPS) is 10.8. The van der Waals surface area contributed by atoms with Gasteiger partial charge >= 0.3 is 0 Å². The molecular formula is C19H16Br2N2O. The van der Waals surface area contributed by atoms with Crippen LogP contribution in [-0.2, 0) is 11.2 Å². The van der Waals surface area contributed by atoms with Crippen molar-refractivity contribution in [3.05, 3.63) is 68.2 Å². The summed E-state index contributed by atoms with van der Waals surface area (Å²) in [7, 11) is 0. The molecule has 1 heterocycles. The van der Waals surface area contributed by atoms with Gasteiger partial charge in [0.15, 0.2) is 0 Å². The number of nitrogens with one attached hydrogen (secondary N) is 1. The van der Waals surface area contributed by atoms with Crippen LogP contribution in [0.1, 0.15) is 16.8 Å². The van der Waals surface area contributed by atoms with Crippen LogP contribution in [0.5, 0.6) is 0 Å². The van der Waals surface area contributed by atoms with Gasteiger partial charge in [-0.3, -0.25) is 9.78 Å². The highest BCUT2D eigenvalue weighted by Gasteiger charge is 2.14. The predicted molar refractivity (Wildman–Crippen MR) is 105 cm³/mol. The first-order valence-corrected chi connectivity index (χ1v) is 9.14. The zero-order chi connectivity index (χ0) is 17.3. The number of carbonyl (C=O) groups is 1. The molecule has 0 unspecified atom stereocenters. The summed E-state index contributed by atoms with van der Waals surface area (Å²) in [5.74, 6) is -0.0583. The fraction of sp³-hybridized carbons (Fsp3) is 0.158. The Hall–Kier alpha value is -1.72. The van der Waals surface area contributed by atoms with Gasteiger partial charge in [-0.1, -0.05) is 34.1 Å². The quantitative estimate of drug-likeness (QED) is 0.571. The SMILES string of the molecule is Cc1nc2ccccc2c(C)c1CC(=O)Nc1cc(Br)ccc1Br. The fourth-order valence-corrected chi connectivity index (χ4v) is 3.49. The monoisotopic (exact) mass is 446 g/mol. The first-order chi connectivity index (χ1) is 11.5. The minimum atomic E-state index is -0.0583. The summed E-state index contributed by atoms with van der Waals surface area (Å²) >= 11 is 6.88. The molecule has 0 aliphatic heterocycles. The third-order valence-electron chi connectivity index (χ3n) is 4.03. The number of rotatable bonds is 3. The molecule has 0 radical (unpaired) electrons. The number of benzene rings is 2. The van der Waals surface area contributed by atoms with Gasteiger partial charge in [-0.05, 0) is 65.2 Å². The third-order valence-corrected chi connectivity index (χ3v) is 5.21. The number of hydrogen-bond acceptors (Lipinski definition) is 2. The van der Waals surface area contributed by atoms with E-state index in [1.54, 1.807) is 0 Å². The van der Waals surface area contributed by atoms with E-state index in [4.69, 9.17) is 0 Å². The summed E-state index contributed by atoms with van der Waals surface area (Å²) in [4.78, 5) is 17.1. The highest BCUT2D eigenvalue weighted by atomic mass is 79.9. The van der Waals surface area contributed by atoms with Gasteiger partial charge in [0.05, 0.1) is 17.6 Å². The molecular weight excluding hydrogens is 432 g/mol. The van der Waals surface area contributed by atoms with Crippen LogP contribution in [0.3, 0.4) is 0 Å². The molecule has 1 amide bonds. The van der Waals surface area contributed by atoms with E-state index < -0.39 is 0 Å². The molecule has 0 saturated heterocycles. The Morgan fingerprint density at radius 1 is 1.12 bits per heavy atom. The van der Waals surface area contributed by atoms with E-state index in [0.29, 0.717) is 6.42 Å². The highest BCUT2D eigenvalue weighted by molar-refractivity contribution is 9.11. The summed E-state index contributed by atoms with van der Waals surface area (Å²) < 4.78 is 1.77. The Morgan fingerprint density at radius 2 is 1.88 bits per heavy atom. The number of halogens is 2. The molecule has 24 heavy (non-hydrogen) atoms. The fourth-order valence-electron chi connectivity index (χ4n) is 2.78. The molecule has 3 nitrogen and oxygen atoms in total. The molecule has 2 aromatic carbocycles. The number of para-hydroxylation sites is 1. The number of aromatic nitrogens is 1. The second kappa shape index (κ2) is 7.03. The number of carbonyl (C=O) groups excluding carboxylic acids is 1. The molecule has 1 aromatic heterocycles. The van der Waals surface area contributed by atoms with Crippen LogP contribution < -0.4 is 5.32 Å². The van der Waals surface area contributed by atoms with Crippen molar-refractivity contribution in [2.24, 2.45) is 0 Å². The average molecular weight is 448 g/mol. The van der Waals surface area contributed by atoms with Crippen LogP contribution >= 0.6 is 31.9 Å². The lowest BCUT2D eigenvalue weighted by Crippen LogP contribution is -2.16. The van der Waals surface area contributed by atoms with Crippen LogP contribution in [0.4, 0.5) is 5.69 Å². The molecule has 0 atom stereocenters. The molecule has 0 saturated carbocycles. The van der Waals surface area contributed by atoms with Crippen molar-refractivity contribution in [2.45, 2.75) is 20.3 Å².